The summed E-state index contributed by atoms with van der Waals surface area (Å²) in [6.07, 6.45) is 8.06. The van der Waals surface area contributed by atoms with Crippen molar-refractivity contribution in [1.82, 2.24) is 29.9 Å². The van der Waals surface area contributed by atoms with Crippen molar-refractivity contribution >= 4 is 11.7 Å². The van der Waals surface area contributed by atoms with Gasteiger partial charge in [0.05, 0.1) is 0 Å². The van der Waals surface area contributed by atoms with E-state index in [1.807, 2.05) is 47.4 Å². The number of hydrogen-bond acceptors (Lipinski definition) is 9. The van der Waals surface area contributed by atoms with Crippen molar-refractivity contribution in [3.05, 3.63) is 72.4 Å². The zero-order valence-electron chi connectivity index (χ0n) is 21.7. The summed E-state index contributed by atoms with van der Waals surface area (Å²) in [6, 6.07) is 15.5. The van der Waals surface area contributed by atoms with Crippen LogP contribution in [0.5, 0.6) is 5.75 Å². The summed E-state index contributed by atoms with van der Waals surface area (Å²) < 4.78 is 11.1. The molecule has 1 aromatic carbocycles. The Bertz CT molecular complexity index is 1410. The third-order valence-corrected chi connectivity index (χ3v) is 7.47. The number of ether oxygens (including phenoxy) is 1. The van der Waals surface area contributed by atoms with Crippen molar-refractivity contribution in [2.45, 2.75) is 38.3 Å². The molecule has 2 aliphatic rings. The van der Waals surface area contributed by atoms with E-state index in [0.29, 0.717) is 34.8 Å². The molecule has 0 atom stereocenters. The van der Waals surface area contributed by atoms with Gasteiger partial charge in [-0.3, -0.25) is 9.78 Å². The average Bonchev–Trinajstić information content (AvgIpc) is 3.70. The summed E-state index contributed by atoms with van der Waals surface area (Å²) in [4.78, 5) is 30.5. The summed E-state index contributed by atoms with van der Waals surface area (Å²) in [5, 5.41) is 3.96. The normalized spacial score (nSPS) is 16.5. The predicted molar refractivity (Wildman–Crippen MR) is 146 cm³/mol. The predicted octanol–water partition coefficient (Wildman–Crippen LogP) is 4.06. The molecule has 0 spiro atoms. The average molecular weight is 526 g/mol. The second-order valence-electron chi connectivity index (χ2n) is 9.97. The number of nitrogens with zero attached hydrogens (tertiary/aromatic N) is 6. The van der Waals surface area contributed by atoms with Crippen LogP contribution in [0.2, 0.25) is 0 Å². The molecule has 0 bridgehead atoms. The number of aromatic nitrogens is 4. The molecular weight excluding hydrogens is 494 g/mol. The van der Waals surface area contributed by atoms with Crippen molar-refractivity contribution < 1.29 is 14.1 Å². The molecule has 0 radical (unpaired) electrons. The summed E-state index contributed by atoms with van der Waals surface area (Å²) in [6.45, 7) is 4.08. The highest BCUT2D eigenvalue weighted by molar-refractivity contribution is 5.94. The topological polar surface area (TPSA) is 124 Å². The molecule has 6 rings (SSSR count). The molecule has 5 heterocycles. The molecule has 10 nitrogen and oxygen atoms in total. The van der Waals surface area contributed by atoms with E-state index in [1.165, 1.54) is 25.9 Å². The fraction of sp³-hybridized carbons (Fsp3) is 0.345. The lowest BCUT2D eigenvalue weighted by Crippen LogP contribution is -2.45. The lowest BCUT2D eigenvalue weighted by Gasteiger charge is -2.36. The first-order valence-electron chi connectivity index (χ1n) is 13.4. The first-order valence-corrected chi connectivity index (χ1v) is 13.4. The maximum absolute atomic E-state index is 13.1. The van der Waals surface area contributed by atoms with Crippen LogP contribution >= 0.6 is 0 Å². The molecule has 39 heavy (non-hydrogen) atoms. The number of carbonyl (C=O) groups is 1. The Morgan fingerprint density at radius 3 is 2.54 bits per heavy atom. The van der Waals surface area contributed by atoms with E-state index in [2.05, 4.69) is 25.0 Å². The van der Waals surface area contributed by atoms with Gasteiger partial charge in [-0.1, -0.05) is 23.4 Å². The molecule has 10 heteroatoms. The monoisotopic (exact) mass is 525 g/mol. The minimum atomic E-state index is 0.0387. The van der Waals surface area contributed by atoms with Gasteiger partial charge < -0.3 is 24.8 Å². The number of pyridine rings is 2. The highest BCUT2D eigenvalue weighted by atomic mass is 16.5. The van der Waals surface area contributed by atoms with Crippen LogP contribution in [0.25, 0.3) is 22.6 Å². The SMILES string of the molecule is Nc1ncc(-c2ccc(C(=O)N3CCC(N4CCCC4)CC3)cc2)cc1OCc1nc(-c2ccccn2)no1. The molecule has 2 N–H and O–H groups in total. The smallest absolute Gasteiger partial charge is 0.264 e. The van der Waals surface area contributed by atoms with Crippen molar-refractivity contribution in [3.63, 3.8) is 0 Å². The van der Waals surface area contributed by atoms with Gasteiger partial charge >= 0.3 is 0 Å². The Balaban J connectivity index is 1.08. The fourth-order valence-electron chi connectivity index (χ4n) is 5.31. The molecule has 2 fully saturated rings. The Labute approximate surface area is 226 Å². The number of rotatable bonds is 7. The Morgan fingerprint density at radius 1 is 1.00 bits per heavy atom. The molecule has 0 unspecified atom stereocenters. The Kier molecular flexibility index (Phi) is 7.18. The number of piperidine rings is 1. The van der Waals surface area contributed by atoms with Gasteiger partial charge in [0, 0.05) is 42.7 Å². The maximum atomic E-state index is 13.1. The lowest BCUT2D eigenvalue weighted by atomic mass is 10.0. The van der Waals surface area contributed by atoms with Gasteiger partial charge in [-0.2, -0.15) is 4.98 Å². The summed E-state index contributed by atoms with van der Waals surface area (Å²) in [5.74, 6) is 1.44. The van der Waals surface area contributed by atoms with E-state index in [1.54, 1.807) is 18.5 Å². The number of amides is 1. The zero-order chi connectivity index (χ0) is 26.6. The van der Waals surface area contributed by atoms with Crippen molar-refractivity contribution in [2.75, 3.05) is 31.9 Å². The first-order chi connectivity index (χ1) is 19.1. The van der Waals surface area contributed by atoms with Crippen LogP contribution in [0.4, 0.5) is 5.82 Å². The van der Waals surface area contributed by atoms with Gasteiger partial charge in [0.1, 0.15) is 5.69 Å². The number of likely N-dealkylation sites (tertiary alicyclic amines) is 2. The number of benzene rings is 1. The van der Waals surface area contributed by atoms with E-state index >= 15 is 0 Å². The number of nitrogen functional groups attached to an aromatic ring is 1. The third kappa shape index (κ3) is 5.61. The molecule has 2 saturated heterocycles. The quantitative estimate of drug-likeness (QED) is 0.380. The van der Waals surface area contributed by atoms with Crippen LogP contribution in [-0.4, -0.2) is 68.0 Å². The van der Waals surface area contributed by atoms with Gasteiger partial charge in [0.2, 0.25) is 5.82 Å². The number of nitrogens with two attached hydrogens (primary N) is 1. The minimum absolute atomic E-state index is 0.0387. The number of hydrogen-bond donors (Lipinski definition) is 1. The highest BCUT2D eigenvalue weighted by Crippen LogP contribution is 2.29. The van der Waals surface area contributed by atoms with Gasteiger partial charge in [-0.15, -0.1) is 0 Å². The van der Waals surface area contributed by atoms with E-state index in [4.69, 9.17) is 15.0 Å². The zero-order valence-corrected chi connectivity index (χ0v) is 21.7. The fourth-order valence-corrected chi connectivity index (χ4v) is 5.31. The standard InChI is InChI=1S/C29H31N7O3/c30-27-25(38-19-26-33-28(34-39-26)24-5-1-2-12-31-24)17-22(18-32-27)20-6-8-21(9-7-20)29(37)36-15-10-23(11-16-36)35-13-3-4-14-35/h1-2,5-9,12,17-18,23H,3-4,10-11,13-16,19H2,(H2,30,32). The molecule has 1 amide bonds. The van der Waals surface area contributed by atoms with Crippen LogP contribution in [0, 0.1) is 0 Å². The van der Waals surface area contributed by atoms with Crippen LogP contribution < -0.4 is 10.5 Å². The second kappa shape index (κ2) is 11.2. The summed E-state index contributed by atoms with van der Waals surface area (Å²) in [7, 11) is 0. The molecule has 4 aromatic rings. The van der Waals surface area contributed by atoms with Gasteiger partial charge in [0.25, 0.3) is 11.8 Å². The summed E-state index contributed by atoms with van der Waals surface area (Å²) >= 11 is 0. The molecule has 0 aliphatic carbocycles. The van der Waals surface area contributed by atoms with E-state index in [9.17, 15) is 4.79 Å². The van der Waals surface area contributed by atoms with E-state index < -0.39 is 0 Å². The van der Waals surface area contributed by atoms with E-state index in [-0.39, 0.29) is 18.3 Å². The Hall–Kier alpha value is -4.31. The second-order valence-corrected chi connectivity index (χ2v) is 9.97. The first kappa shape index (κ1) is 25.0. The molecule has 3 aromatic heterocycles. The van der Waals surface area contributed by atoms with Crippen LogP contribution in [0.1, 0.15) is 41.9 Å². The molecule has 2 aliphatic heterocycles. The van der Waals surface area contributed by atoms with Crippen molar-refractivity contribution in [3.8, 4) is 28.4 Å². The van der Waals surface area contributed by atoms with Crippen LogP contribution in [0.15, 0.2) is 65.4 Å². The summed E-state index contributed by atoms with van der Waals surface area (Å²) in [5.41, 5.74) is 9.10. The maximum Gasteiger partial charge on any atom is 0.264 e. The largest absolute Gasteiger partial charge is 0.480 e. The number of anilines is 1. The van der Waals surface area contributed by atoms with Gasteiger partial charge in [-0.05, 0) is 74.7 Å². The number of carbonyl (C=O) groups excluding carboxylic acids is 1. The van der Waals surface area contributed by atoms with Gasteiger partial charge in [-0.25, -0.2) is 4.98 Å². The van der Waals surface area contributed by atoms with Gasteiger partial charge in [0.15, 0.2) is 18.2 Å². The highest BCUT2D eigenvalue weighted by Gasteiger charge is 2.28. The van der Waals surface area contributed by atoms with Crippen LogP contribution in [0.3, 0.4) is 0 Å². The van der Waals surface area contributed by atoms with E-state index in [0.717, 1.165) is 37.1 Å². The lowest BCUT2D eigenvalue weighted by molar-refractivity contribution is 0.0644. The van der Waals surface area contributed by atoms with Crippen molar-refractivity contribution in [2.24, 2.45) is 0 Å². The minimum Gasteiger partial charge on any atom is -0.480 e. The molecule has 0 saturated carbocycles. The van der Waals surface area contributed by atoms with Crippen LogP contribution in [-0.2, 0) is 6.61 Å². The Morgan fingerprint density at radius 2 is 1.79 bits per heavy atom. The molecule has 200 valence electrons. The van der Waals surface area contributed by atoms with Crippen molar-refractivity contribution in [1.29, 1.82) is 0 Å². The molecular formula is C29H31N7O3. The third-order valence-electron chi connectivity index (χ3n) is 7.47.